The summed E-state index contributed by atoms with van der Waals surface area (Å²) in [5, 5.41) is 8.62. The van der Waals surface area contributed by atoms with E-state index in [9.17, 15) is 22.2 Å². The highest BCUT2D eigenvalue weighted by atomic mass is 32.2. The van der Waals surface area contributed by atoms with Crippen molar-refractivity contribution >= 4 is 28.4 Å². The minimum absolute atomic E-state index is 0.0914. The summed E-state index contributed by atoms with van der Waals surface area (Å²) in [5.74, 6) is -4.04. The third-order valence-corrected chi connectivity index (χ3v) is 6.40. The predicted molar refractivity (Wildman–Crippen MR) is 109 cm³/mol. The monoisotopic (exact) mass is 432 g/mol. The first-order chi connectivity index (χ1) is 13.8. The SMILES string of the molecule is CCNC(=NCC(=O)Nc1ccc(F)c(F)c1F)NC1CCCC(S(=O)CC)C1. The number of carbonyl (C=O) groups is 1. The Labute approximate surface area is 171 Å². The van der Waals surface area contributed by atoms with Crippen LogP contribution in [0.5, 0.6) is 0 Å². The molecule has 10 heteroatoms. The van der Waals surface area contributed by atoms with Gasteiger partial charge in [-0.25, -0.2) is 18.2 Å². The summed E-state index contributed by atoms with van der Waals surface area (Å²) in [6, 6.07) is 1.78. The zero-order chi connectivity index (χ0) is 21.4. The van der Waals surface area contributed by atoms with E-state index in [0.29, 0.717) is 18.3 Å². The average molecular weight is 433 g/mol. The zero-order valence-electron chi connectivity index (χ0n) is 16.6. The maximum absolute atomic E-state index is 13.7. The minimum Gasteiger partial charge on any atom is -0.357 e. The normalized spacial score (nSPS) is 20.8. The molecular weight excluding hydrogens is 405 g/mol. The Hall–Kier alpha value is -2.10. The molecule has 29 heavy (non-hydrogen) atoms. The number of hydrogen-bond acceptors (Lipinski definition) is 3. The van der Waals surface area contributed by atoms with E-state index < -0.39 is 39.8 Å². The molecule has 2 rings (SSSR count). The molecule has 0 heterocycles. The van der Waals surface area contributed by atoms with Crippen LogP contribution in [0, 0.1) is 17.5 Å². The molecule has 0 bridgehead atoms. The van der Waals surface area contributed by atoms with Crippen molar-refractivity contribution in [2.45, 2.75) is 50.8 Å². The van der Waals surface area contributed by atoms with Crippen LogP contribution in [0.25, 0.3) is 0 Å². The Morgan fingerprint density at radius 3 is 2.66 bits per heavy atom. The van der Waals surface area contributed by atoms with Gasteiger partial charge >= 0.3 is 0 Å². The van der Waals surface area contributed by atoms with Crippen LogP contribution in [0.4, 0.5) is 18.9 Å². The van der Waals surface area contributed by atoms with Crippen molar-refractivity contribution in [1.82, 2.24) is 10.6 Å². The molecule has 3 N–H and O–H groups in total. The van der Waals surface area contributed by atoms with Gasteiger partial charge in [0.15, 0.2) is 23.4 Å². The molecule has 1 aromatic carbocycles. The van der Waals surface area contributed by atoms with E-state index in [1.165, 1.54) is 0 Å². The third-order valence-electron chi connectivity index (χ3n) is 4.66. The lowest BCUT2D eigenvalue weighted by Gasteiger charge is -2.30. The smallest absolute Gasteiger partial charge is 0.246 e. The van der Waals surface area contributed by atoms with E-state index in [-0.39, 0.29) is 17.8 Å². The van der Waals surface area contributed by atoms with Crippen molar-refractivity contribution in [2.75, 3.05) is 24.2 Å². The van der Waals surface area contributed by atoms with Crippen LogP contribution in [0.3, 0.4) is 0 Å². The summed E-state index contributed by atoms with van der Waals surface area (Å²) >= 11 is 0. The third kappa shape index (κ3) is 6.73. The lowest BCUT2D eigenvalue weighted by molar-refractivity contribution is -0.114. The minimum atomic E-state index is -1.64. The van der Waals surface area contributed by atoms with Crippen LogP contribution >= 0.6 is 0 Å². The highest BCUT2D eigenvalue weighted by molar-refractivity contribution is 7.85. The van der Waals surface area contributed by atoms with E-state index in [4.69, 9.17) is 0 Å². The van der Waals surface area contributed by atoms with Gasteiger partial charge in [0, 0.05) is 34.4 Å². The van der Waals surface area contributed by atoms with Crippen LogP contribution in [0.15, 0.2) is 17.1 Å². The topological polar surface area (TPSA) is 82.6 Å². The number of amides is 1. The van der Waals surface area contributed by atoms with Crippen molar-refractivity contribution in [1.29, 1.82) is 0 Å². The van der Waals surface area contributed by atoms with Crippen molar-refractivity contribution in [3.05, 3.63) is 29.6 Å². The van der Waals surface area contributed by atoms with Crippen LogP contribution in [-0.2, 0) is 15.6 Å². The molecule has 0 radical (unpaired) electrons. The van der Waals surface area contributed by atoms with Gasteiger partial charge in [-0.3, -0.25) is 9.00 Å². The molecule has 1 fully saturated rings. The first kappa shape index (κ1) is 23.2. The molecule has 1 aliphatic carbocycles. The summed E-state index contributed by atoms with van der Waals surface area (Å²) < 4.78 is 52.0. The van der Waals surface area contributed by atoms with Gasteiger partial charge in [-0.15, -0.1) is 0 Å². The first-order valence-corrected chi connectivity index (χ1v) is 11.1. The average Bonchev–Trinajstić information content (AvgIpc) is 2.72. The molecule has 3 atom stereocenters. The Morgan fingerprint density at radius 2 is 1.97 bits per heavy atom. The summed E-state index contributed by atoms with van der Waals surface area (Å²) in [5.41, 5.74) is -0.445. The Balaban J connectivity index is 1.97. The highest BCUT2D eigenvalue weighted by Crippen LogP contribution is 2.23. The standard InChI is InChI=1S/C19H27F3N4O2S/c1-3-23-19(25-12-6-5-7-13(10-12)29(28)4-2)24-11-16(27)26-15-9-8-14(20)17(21)18(15)22/h8-9,12-13H,3-7,10-11H2,1-2H3,(H,26,27)(H2,23,24,25). The molecule has 0 aromatic heterocycles. The van der Waals surface area contributed by atoms with E-state index >= 15 is 0 Å². The number of guanidine groups is 1. The lowest BCUT2D eigenvalue weighted by Crippen LogP contribution is -2.47. The molecule has 1 aromatic rings. The van der Waals surface area contributed by atoms with Crippen molar-refractivity contribution in [3.8, 4) is 0 Å². The number of nitrogens with one attached hydrogen (secondary N) is 3. The molecule has 1 amide bonds. The molecule has 6 nitrogen and oxygen atoms in total. The second kappa shape index (κ2) is 11.2. The predicted octanol–water partition coefficient (Wildman–Crippen LogP) is 2.68. The van der Waals surface area contributed by atoms with Gasteiger partial charge in [0.05, 0.1) is 5.69 Å². The molecule has 1 saturated carbocycles. The summed E-state index contributed by atoms with van der Waals surface area (Å²) in [6.07, 6.45) is 3.57. The number of halogens is 3. The van der Waals surface area contributed by atoms with Gasteiger partial charge in [-0.1, -0.05) is 13.3 Å². The van der Waals surface area contributed by atoms with Gasteiger partial charge in [0.2, 0.25) is 5.91 Å². The van der Waals surface area contributed by atoms with Gasteiger partial charge in [-0.2, -0.15) is 0 Å². The molecule has 3 unspecified atom stereocenters. The molecular formula is C19H27F3N4O2S. The van der Waals surface area contributed by atoms with Crippen LogP contribution in [-0.4, -0.2) is 46.2 Å². The molecule has 0 spiro atoms. The quantitative estimate of drug-likeness (QED) is 0.352. The van der Waals surface area contributed by atoms with Gasteiger partial charge in [0.25, 0.3) is 0 Å². The number of anilines is 1. The summed E-state index contributed by atoms with van der Waals surface area (Å²) in [6.45, 7) is 4.03. The number of nitrogens with zero attached hydrogens (tertiary/aromatic N) is 1. The summed E-state index contributed by atoms with van der Waals surface area (Å²) in [7, 11) is -0.850. The second-order valence-corrected chi connectivity index (χ2v) is 8.77. The second-order valence-electron chi connectivity index (χ2n) is 6.77. The maximum Gasteiger partial charge on any atom is 0.246 e. The van der Waals surface area contributed by atoms with Gasteiger partial charge < -0.3 is 16.0 Å². The maximum atomic E-state index is 13.7. The van der Waals surface area contributed by atoms with E-state index in [1.54, 1.807) is 0 Å². The van der Waals surface area contributed by atoms with Crippen LogP contribution < -0.4 is 16.0 Å². The Morgan fingerprint density at radius 1 is 1.21 bits per heavy atom. The highest BCUT2D eigenvalue weighted by Gasteiger charge is 2.26. The number of carbonyl (C=O) groups excluding carboxylic acids is 1. The fourth-order valence-electron chi connectivity index (χ4n) is 3.23. The Bertz CT molecular complexity index is 776. The van der Waals surface area contributed by atoms with Crippen molar-refractivity contribution in [3.63, 3.8) is 0 Å². The first-order valence-electron chi connectivity index (χ1n) is 9.71. The number of benzene rings is 1. The van der Waals surface area contributed by atoms with Crippen molar-refractivity contribution < 1.29 is 22.2 Å². The number of rotatable bonds is 7. The fourth-order valence-corrected chi connectivity index (χ4v) is 4.57. The van der Waals surface area contributed by atoms with Crippen LogP contribution in [0.1, 0.15) is 39.5 Å². The van der Waals surface area contributed by atoms with E-state index in [2.05, 4.69) is 20.9 Å². The van der Waals surface area contributed by atoms with Crippen LogP contribution in [0.2, 0.25) is 0 Å². The molecule has 0 aliphatic heterocycles. The summed E-state index contributed by atoms with van der Waals surface area (Å²) in [4.78, 5) is 16.2. The van der Waals surface area contributed by atoms with Crippen molar-refractivity contribution in [2.24, 2.45) is 4.99 Å². The van der Waals surface area contributed by atoms with Gasteiger partial charge in [-0.05, 0) is 38.3 Å². The number of hydrogen-bond donors (Lipinski definition) is 3. The largest absolute Gasteiger partial charge is 0.357 e. The number of aliphatic imine (C=N–C) groups is 1. The van der Waals surface area contributed by atoms with Gasteiger partial charge in [0.1, 0.15) is 6.54 Å². The van der Waals surface area contributed by atoms with E-state index in [0.717, 1.165) is 37.8 Å². The molecule has 162 valence electrons. The fraction of sp³-hybridized carbons (Fsp3) is 0.579. The zero-order valence-corrected chi connectivity index (χ0v) is 17.4. The Kier molecular flexibility index (Phi) is 8.94. The molecule has 1 aliphatic rings. The molecule has 0 saturated heterocycles. The lowest BCUT2D eigenvalue weighted by atomic mass is 9.95. The van der Waals surface area contributed by atoms with E-state index in [1.807, 2.05) is 13.8 Å².